The van der Waals surface area contributed by atoms with E-state index in [1.54, 1.807) is 6.08 Å². The molecule has 1 aliphatic heterocycles. The number of carbonyl (C=O) groups is 2. The Morgan fingerprint density at radius 3 is 2.26 bits per heavy atom. The summed E-state index contributed by atoms with van der Waals surface area (Å²) >= 11 is 1.03. The highest BCUT2D eigenvalue weighted by Crippen LogP contribution is 2.32. The molecule has 1 saturated heterocycles. The fourth-order valence-electron chi connectivity index (χ4n) is 2.52. The molecule has 124 valence electrons. The Labute approximate surface area is 142 Å². The number of aryl methyl sites for hydroxylation is 1. The van der Waals surface area contributed by atoms with E-state index in [2.05, 4.69) is 18.7 Å². The normalized spacial score (nSPS) is 16.9. The first-order valence-corrected chi connectivity index (χ1v) is 8.91. The second-order valence-corrected chi connectivity index (χ2v) is 6.77. The smallest absolute Gasteiger partial charge is 0.286 e. The molecule has 1 aromatic rings. The zero-order chi connectivity index (χ0) is 16.8. The number of hydrogen-bond acceptors (Lipinski definition) is 4. The van der Waals surface area contributed by atoms with Crippen LogP contribution in [0.1, 0.15) is 37.8 Å². The van der Waals surface area contributed by atoms with Crippen molar-refractivity contribution in [1.82, 2.24) is 9.80 Å². The van der Waals surface area contributed by atoms with Crippen LogP contribution in [0.25, 0.3) is 6.08 Å². The van der Waals surface area contributed by atoms with Gasteiger partial charge in [-0.25, -0.2) is 0 Å². The van der Waals surface area contributed by atoms with Crippen molar-refractivity contribution in [2.75, 3.05) is 19.8 Å². The van der Waals surface area contributed by atoms with E-state index in [9.17, 15) is 9.59 Å². The van der Waals surface area contributed by atoms with Crippen molar-refractivity contribution in [2.45, 2.75) is 33.6 Å². The van der Waals surface area contributed by atoms with Crippen LogP contribution in [-0.4, -0.2) is 40.7 Å². The minimum absolute atomic E-state index is 0.175. The lowest BCUT2D eigenvalue weighted by atomic mass is 10.1. The quantitative estimate of drug-likeness (QED) is 0.705. The Morgan fingerprint density at radius 1 is 1.09 bits per heavy atom. The van der Waals surface area contributed by atoms with Gasteiger partial charge in [-0.2, -0.15) is 0 Å². The molecule has 0 unspecified atom stereocenters. The first-order chi connectivity index (χ1) is 11.0. The summed E-state index contributed by atoms with van der Waals surface area (Å²) in [6, 6.07) is 7.92. The van der Waals surface area contributed by atoms with Gasteiger partial charge in [-0.3, -0.25) is 19.4 Å². The van der Waals surface area contributed by atoms with Crippen molar-refractivity contribution in [1.29, 1.82) is 0 Å². The first-order valence-electron chi connectivity index (χ1n) is 8.09. The van der Waals surface area contributed by atoms with E-state index in [0.717, 1.165) is 43.3 Å². The molecule has 0 radical (unpaired) electrons. The summed E-state index contributed by atoms with van der Waals surface area (Å²) in [5, 5.41) is -0.175. The van der Waals surface area contributed by atoms with E-state index >= 15 is 0 Å². The molecule has 5 heteroatoms. The third kappa shape index (κ3) is 4.69. The van der Waals surface area contributed by atoms with Gasteiger partial charge in [0.1, 0.15) is 0 Å². The number of benzene rings is 1. The number of imide groups is 1. The van der Waals surface area contributed by atoms with Gasteiger partial charge in [0.15, 0.2) is 0 Å². The van der Waals surface area contributed by atoms with Gasteiger partial charge in [0.25, 0.3) is 11.1 Å². The lowest BCUT2D eigenvalue weighted by Gasteiger charge is -2.25. The fourth-order valence-corrected chi connectivity index (χ4v) is 3.35. The van der Waals surface area contributed by atoms with Gasteiger partial charge in [0.05, 0.1) is 11.6 Å². The highest BCUT2D eigenvalue weighted by molar-refractivity contribution is 8.18. The molecule has 0 N–H and O–H groups in total. The highest BCUT2D eigenvalue weighted by Gasteiger charge is 2.35. The van der Waals surface area contributed by atoms with Gasteiger partial charge in [0, 0.05) is 0 Å². The second kappa shape index (κ2) is 8.31. The summed E-state index contributed by atoms with van der Waals surface area (Å²) in [5.41, 5.74) is 2.12. The Morgan fingerprint density at radius 2 is 1.70 bits per heavy atom. The van der Waals surface area contributed by atoms with Crippen molar-refractivity contribution in [3.8, 4) is 0 Å². The van der Waals surface area contributed by atoms with Gasteiger partial charge in [-0.15, -0.1) is 0 Å². The summed E-state index contributed by atoms with van der Waals surface area (Å²) in [4.78, 5) is 28.7. The van der Waals surface area contributed by atoms with Gasteiger partial charge >= 0.3 is 0 Å². The molecule has 0 aromatic heterocycles. The molecule has 1 aliphatic rings. The van der Waals surface area contributed by atoms with E-state index < -0.39 is 0 Å². The molecule has 0 atom stereocenters. The van der Waals surface area contributed by atoms with Gasteiger partial charge in [0.2, 0.25) is 0 Å². The zero-order valence-electron chi connectivity index (χ0n) is 14.0. The molecular formula is C18H24N2O2S. The standard InChI is InChI=1S/C18H24N2O2S/c1-4-10-19(11-5-2)13-20-17(21)16(23-18(20)22)12-15-8-6-14(3)7-9-15/h6-9,12H,4-5,10-11,13H2,1-3H3/b16-12-. The number of thioether (sulfide) groups is 1. The van der Waals surface area contributed by atoms with Gasteiger partial charge in [-0.1, -0.05) is 43.7 Å². The maximum Gasteiger partial charge on any atom is 0.294 e. The van der Waals surface area contributed by atoms with Crippen molar-refractivity contribution >= 4 is 29.0 Å². The average Bonchev–Trinajstić information content (AvgIpc) is 2.78. The number of nitrogens with zero attached hydrogens (tertiary/aromatic N) is 2. The molecule has 0 spiro atoms. The summed E-state index contributed by atoms with van der Waals surface area (Å²) in [6.45, 7) is 8.41. The van der Waals surface area contributed by atoms with Crippen LogP contribution < -0.4 is 0 Å². The Bertz CT molecular complexity index is 590. The molecule has 2 amide bonds. The van der Waals surface area contributed by atoms with Crippen LogP contribution in [0.2, 0.25) is 0 Å². The molecule has 0 bridgehead atoms. The van der Waals surface area contributed by atoms with Crippen molar-refractivity contribution in [3.05, 3.63) is 40.3 Å². The molecule has 0 aliphatic carbocycles. The number of hydrogen-bond donors (Lipinski definition) is 0. The minimum Gasteiger partial charge on any atom is -0.286 e. The van der Waals surface area contributed by atoms with E-state index in [1.807, 2.05) is 31.2 Å². The van der Waals surface area contributed by atoms with E-state index in [4.69, 9.17) is 0 Å². The monoisotopic (exact) mass is 332 g/mol. The summed E-state index contributed by atoms with van der Waals surface area (Å²) in [5.74, 6) is -0.183. The molecular weight excluding hydrogens is 308 g/mol. The Balaban J connectivity index is 2.11. The first kappa shape index (κ1) is 17.8. The second-order valence-electron chi connectivity index (χ2n) is 5.78. The summed E-state index contributed by atoms with van der Waals surface area (Å²) < 4.78 is 0. The maximum atomic E-state index is 12.5. The van der Waals surface area contributed by atoms with E-state index in [1.165, 1.54) is 10.5 Å². The number of rotatable bonds is 7. The Kier molecular flexibility index (Phi) is 6.42. The molecule has 1 aromatic carbocycles. The van der Waals surface area contributed by atoms with Crippen LogP contribution in [0.3, 0.4) is 0 Å². The third-order valence-corrected chi connectivity index (χ3v) is 4.58. The number of amides is 2. The highest BCUT2D eigenvalue weighted by atomic mass is 32.2. The van der Waals surface area contributed by atoms with Crippen molar-refractivity contribution < 1.29 is 9.59 Å². The predicted octanol–water partition coefficient (Wildman–Crippen LogP) is 4.11. The van der Waals surface area contributed by atoms with Crippen molar-refractivity contribution in [2.24, 2.45) is 0 Å². The van der Waals surface area contributed by atoms with E-state index in [0.29, 0.717) is 11.6 Å². The Hall–Kier alpha value is -1.59. The molecule has 0 saturated carbocycles. The van der Waals surface area contributed by atoms with Crippen LogP contribution in [-0.2, 0) is 4.79 Å². The topological polar surface area (TPSA) is 40.6 Å². The van der Waals surface area contributed by atoms with E-state index in [-0.39, 0.29) is 11.1 Å². The van der Waals surface area contributed by atoms with Crippen molar-refractivity contribution in [3.63, 3.8) is 0 Å². The molecule has 2 rings (SSSR count). The number of carbonyl (C=O) groups excluding carboxylic acids is 2. The SMILES string of the molecule is CCCN(CCC)CN1C(=O)S/C(=C\c2ccc(C)cc2)C1=O. The molecule has 4 nitrogen and oxygen atoms in total. The summed E-state index contributed by atoms with van der Waals surface area (Å²) in [7, 11) is 0. The third-order valence-electron chi connectivity index (χ3n) is 3.67. The van der Waals surface area contributed by atoms with Crippen LogP contribution in [0.15, 0.2) is 29.2 Å². The predicted molar refractivity (Wildman–Crippen MR) is 96.0 cm³/mol. The molecule has 23 heavy (non-hydrogen) atoms. The zero-order valence-corrected chi connectivity index (χ0v) is 14.9. The lowest BCUT2D eigenvalue weighted by Crippen LogP contribution is -2.41. The van der Waals surface area contributed by atoms with Crippen LogP contribution in [0, 0.1) is 6.92 Å². The minimum atomic E-state index is -0.183. The average molecular weight is 332 g/mol. The van der Waals surface area contributed by atoms with Crippen LogP contribution in [0.5, 0.6) is 0 Å². The molecule has 1 fully saturated rings. The van der Waals surface area contributed by atoms with Crippen LogP contribution in [0.4, 0.5) is 4.79 Å². The largest absolute Gasteiger partial charge is 0.294 e. The fraction of sp³-hybridized carbons (Fsp3) is 0.444. The lowest BCUT2D eigenvalue weighted by molar-refractivity contribution is -0.124. The van der Waals surface area contributed by atoms with Gasteiger partial charge in [-0.05, 0) is 56.3 Å². The molecule has 1 heterocycles. The van der Waals surface area contributed by atoms with Crippen LogP contribution >= 0.6 is 11.8 Å². The summed E-state index contributed by atoms with van der Waals surface area (Å²) in [6.07, 6.45) is 3.82. The maximum absolute atomic E-state index is 12.5. The van der Waals surface area contributed by atoms with Gasteiger partial charge < -0.3 is 0 Å².